The number of hydrogen-bond acceptors (Lipinski definition) is 7. The van der Waals surface area contributed by atoms with Gasteiger partial charge in [-0.15, -0.1) is 0 Å². The molecular weight excluding hydrogens is 356 g/mol. The largest absolute Gasteiger partial charge is 0.377 e. The predicted molar refractivity (Wildman–Crippen MR) is 109 cm³/mol. The van der Waals surface area contributed by atoms with Crippen LogP contribution in [-0.2, 0) is 6.42 Å². The molecule has 1 aromatic heterocycles. The van der Waals surface area contributed by atoms with Gasteiger partial charge in [0.1, 0.15) is 17.7 Å². The van der Waals surface area contributed by atoms with E-state index in [-0.39, 0.29) is 5.69 Å². The summed E-state index contributed by atoms with van der Waals surface area (Å²) in [6, 6.07) is 11.6. The number of rotatable bonds is 7. The number of amides is 1. The number of nitrogens with two attached hydrogens (primary N) is 2. The average molecular weight is 384 g/mol. The number of aromatic nitrogens is 2. The molecule has 28 heavy (non-hydrogen) atoms. The highest BCUT2D eigenvalue weighted by Gasteiger charge is 2.23. The molecule has 1 aromatic carbocycles. The van der Waals surface area contributed by atoms with Crippen LogP contribution in [0.5, 0.6) is 0 Å². The molecule has 3 rings (SSSR count). The van der Waals surface area contributed by atoms with Crippen LogP contribution in [0.1, 0.15) is 35.8 Å². The summed E-state index contributed by atoms with van der Waals surface area (Å²) in [7, 11) is 0. The molecule has 8 heteroatoms. The van der Waals surface area contributed by atoms with Gasteiger partial charge in [-0.25, -0.2) is 4.98 Å². The summed E-state index contributed by atoms with van der Waals surface area (Å²) in [6.07, 6.45) is 2.07. The normalized spacial score (nSPS) is 17.2. The van der Waals surface area contributed by atoms with Crippen molar-refractivity contribution in [3.05, 3.63) is 47.7 Å². The van der Waals surface area contributed by atoms with E-state index in [0.717, 1.165) is 32.4 Å². The van der Waals surface area contributed by atoms with E-state index in [9.17, 15) is 9.90 Å². The molecule has 2 atom stereocenters. The van der Waals surface area contributed by atoms with Gasteiger partial charge >= 0.3 is 0 Å². The molecule has 0 aliphatic carbocycles. The lowest BCUT2D eigenvalue weighted by Crippen LogP contribution is -2.39. The first-order chi connectivity index (χ1) is 13.4. The van der Waals surface area contributed by atoms with Gasteiger partial charge < -0.3 is 26.8 Å². The Balaban J connectivity index is 1.69. The molecule has 0 radical (unpaired) electrons. The maximum Gasteiger partial charge on any atom is 0.267 e. The lowest BCUT2D eigenvalue weighted by atomic mass is 9.90. The van der Waals surface area contributed by atoms with Gasteiger partial charge in [0, 0.05) is 19.2 Å². The average Bonchev–Trinajstić information content (AvgIpc) is 2.69. The van der Waals surface area contributed by atoms with E-state index >= 15 is 0 Å². The molecule has 0 spiro atoms. The summed E-state index contributed by atoms with van der Waals surface area (Å²) >= 11 is 0. The summed E-state index contributed by atoms with van der Waals surface area (Å²) in [4.78, 5) is 22.6. The number of carbonyl (C=O) groups is 1. The molecule has 1 aliphatic heterocycles. The summed E-state index contributed by atoms with van der Waals surface area (Å²) in [5, 5.41) is 12.5. The van der Waals surface area contributed by atoms with E-state index in [4.69, 9.17) is 11.5 Å². The molecule has 2 heterocycles. The lowest BCUT2D eigenvalue weighted by molar-refractivity contribution is 0.0995. The fourth-order valence-electron chi connectivity index (χ4n) is 3.38. The van der Waals surface area contributed by atoms with Gasteiger partial charge in [0.2, 0.25) is 5.95 Å². The van der Waals surface area contributed by atoms with Crippen LogP contribution in [0, 0.1) is 5.92 Å². The minimum Gasteiger partial charge on any atom is -0.377 e. The van der Waals surface area contributed by atoms with Crippen LogP contribution in [0.4, 0.5) is 11.8 Å². The SMILES string of the molecule is C[C@H](Nc1cc(C(N)=O)nc(N2CCC(Cc3ccccc3)CC2)n1)C(N)O. The van der Waals surface area contributed by atoms with Crippen molar-refractivity contribution in [3.8, 4) is 0 Å². The number of benzene rings is 1. The van der Waals surface area contributed by atoms with Crippen molar-refractivity contribution in [2.24, 2.45) is 17.4 Å². The first-order valence-electron chi connectivity index (χ1n) is 9.60. The van der Waals surface area contributed by atoms with Gasteiger partial charge in [-0.05, 0) is 37.7 Å². The lowest BCUT2D eigenvalue weighted by Gasteiger charge is -2.32. The van der Waals surface area contributed by atoms with Crippen LogP contribution in [-0.4, -0.2) is 46.3 Å². The molecule has 1 saturated heterocycles. The van der Waals surface area contributed by atoms with Crippen LogP contribution >= 0.6 is 0 Å². The standard InChI is InChI=1S/C20H28N6O2/c1-13(18(21)27)23-17-12-16(19(22)28)24-20(25-17)26-9-7-15(8-10-26)11-14-5-3-2-4-6-14/h2-6,12-13,15,18,27H,7-11,21H2,1H3,(H2,22,28)(H,23,24,25)/t13-,18?/m0/s1. The topological polar surface area (TPSA) is 130 Å². The molecule has 0 saturated carbocycles. The zero-order valence-corrected chi connectivity index (χ0v) is 16.1. The van der Waals surface area contributed by atoms with Crippen molar-refractivity contribution in [2.45, 2.75) is 38.5 Å². The number of carbonyl (C=O) groups excluding carboxylic acids is 1. The monoisotopic (exact) mass is 384 g/mol. The maximum atomic E-state index is 11.7. The van der Waals surface area contributed by atoms with Crippen molar-refractivity contribution in [1.82, 2.24) is 9.97 Å². The van der Waals surface area contributed by atoms with E-state index in [0.29, 0.717) is 17.7 Å². The molecule has 8 nitrogen and oxygen atoms in total. The second kappa shape index (κ2) is 8.99. The summed E-state index contributed by atoms with van der Waals surface area (Å²) in [5.74, 6) is 0.882. The van der Waals surface area contributed by atoms with Crippen LogP contribution in [0.2, 0.25) is 0 Å². The first-order valence-corrected chi connectivity index (χ1v) is 9.60. The van der Waals surface area contributed by atoms with Crippen molar-refractivity contribution >= 4 is 17.7 Å². The Kier molecular flexibility index (Phi) is 6.43. The Hall–Kier alpha value is -2.71. The highest BCUT2D eigenvalue weighted by atomic mass is 16.3. The summed E-state index contributed by atoms with van der Waals surface area (Å²) < 4.78 is 0. The summed E-state index contributed by atoms with van der Waals surface area (Å²) in [6.45, 7) is 3.36. The van der Waals surface area contributed by atoms with E-state index in [1.54, 1.807) is 6.92 Å². The van der Waals surface area contributed by atoms with Crippen molar-refractivity contribution < 1.29 is 9.90 Å². The number of anilines is 2. The van der Waals surface area contributed by atoms with Crippen molar-refractivity contribution in [2.75, 3.05) is 23.3 Å². The highest BCUT2D eigenvalue weighted by molar-refractivity contribution is 5.91. The quantitative estimate of drug-likeness (QED) is 0.526. The van der Waals surface area contributed by atoms with Crippen LogP contribution in [0.3, 0.4) is 0 Å². The number of hydrogen-bond donors (Lipinski definition) is 4. The number of aliphatic hydroxyl groups is 1. The van der Waals surface area contributed by atoms with E-state index < -0.39 is 18.2 Å². The Labute approximate surface area is 165 Å². The molecule has 1 aliphatic rings. The number of piperidine rings is 1. The first kappa shape index (κ1) is 20.0. The maximum absolute atomic E-state index is 11.7. The summed E-state index contributed by atoms with van der Waals surface area (Å²) in [5.41, 5.74) is 12.4. The van der Waals surface area contributed by atoms with Crippen molar-refractivity contribution in [3.63, 3.8) is 0 Å². The van der Waals surface area contributed by atoms with Gasteiger partial charge in [-0.1, -0.05) is 30.3 Å². The molecule has 1 fully saturated rings. The Morgan fingerprint density at radius 1 is 1.29 bits per heavy atom. The third kappa shape index (κ3) is 5.17. The van der Waals surface area contributed by atoms with Gasteiger partial charge in [0.25, 0.3) is 5.91 Å². The van der Waals surface area contributed by atoms with Crippen molar-refractivity contribution in [1.29, 1.82) is 0 Å². The van der Waals surface area contributed by atoms with E-state index in [1.165, 1.54) is 11.6 Å². The molecule has 0 bridgehead atoms. The van der Waals surface area contributed by atoms with Gasteiger partial charge in [0.05, 0.1) is 6.04 Å². The van der Waals surface area contributed by atoms with Crippen LogP contribution in [0.15, 0.2) is 36.4 Å². The fraction of sp³-hybridized carbons (Fsp3) is 0.450. The molecule has 6 N–H and O–H groups in total. The minimum absolute atomic E-state index is 0.137. The smallest absolute Gasteiger partial charge is 0.267 e. The predicted octanol–water partition coefficient (Wildman–Crippen LogP) is 1.11. The van der Waals surface area contributed by atoms with Gasteiger partial charge in [-0.2, -0.15) is 4.98 Å². The second-order valence-corrected chi connectivity index (χ2v) is 7.35. The highest BCUT2D eigenvalue weighted by Crippen LogP contribution is 2.25. The number of primary amides is 1. The van der Waals surface area contributed by atoms with Crippen LogP contribution in [0.25, 0.3) is 0 Å². The minimum atomic E-state index is -1.05. The fourth-order valence-corrected chi connectivity index (χ4v) is 3.38. The zero-order valence-electron chi connectivity index (χ0n) is 16.1. The van der Waals surface area contributed by atoms with Crippen LogP contribution < -0.4 is 21.7 Å². The molecular formula is C20H28N6O2. The third-order valence-electron chi connectivity index (χ3n) is 5.12. The molecule has 1 unspecified atom stereocenters. The zero-order chi connectivity index (χ0) is 20.1. The third-order valence-corrected chi connectivity index (χ3v) is 5.12. The van der Waals surface area contributed by atoms with E-state index in [2.05, 4.69) is 44.5 Å². The van der Waals surface area contributed by atoms with Gasteiger partial charge in [0.15, 0.2) is 0 Å². The number of nitrogens with zero attached hydrogens (tertiary/aromatic N) is 3. The molecule has 2 aromatic rings. The number of nitrogens with one attached hydrogen (secondary N) is 1. The molecule has 150 valence electrons. The molecule has 1 amide bonds. The second-order valence-electron chi connectivity index (χ2n) is 7.35. The number of aliphatic hydroxyl groups excluding tert-OH is 1. The Bertz CT molecular complexity index is 791. The van der Waals surface area contributed by atoms with Gasteiger partial charge in [-0.3, -0.25) is 4.79 Å². The van der Waals surface area contributed by atoms with E-state index in [1.807, 2.05) is 6.07 Å². The Morgan fingerprint density at radius 2 is 1.96 bits per heavy atom. The Morgan fingerprint density at radius 3 is 2.57 bits per heavy atom.